The van der Waals surface area contributed by atoms with Crippen molar-refractivity contribution in [1.82, 2.24) is 0 Å². The van der Waals surface area contributed by atoms with Gasteiger partial charge < -0.3 is 5.11 Å². The Labute approximate surface area is 98.6 Å². The van der Waals surface area contributed by atoms with Gasteiger partial charge in [-0.25, -0.2) is 0 Å². The van der Waals surface area contributed by atoms with Crippen LogP contribution in [0.3, 0.4) is 0 Å². The number of carboxylic acids is 1. The van der Waals surface area contributed by atoms with E-state index in [0.29, 0.717) is 0 Å². The van der Waals surface area contributed by atoms with Crippen molar-refractivity contribution in [2.75, 3.05) is 0 Å². The van der Waals surface area contributed by atoms with Gasteiger partial charge in [-0.3, -0.25) is 4.79 Å². The number of alkyl halides is 1. The van der Waals surface area contributed by atoms with Crippen LogP contribution in [0.5, 0.6) is 0 Å². The van der Waals surface area contributed by atoms with Gasteiger partial charge in [0.25, 0.3) is 0 Å². The molecule has 0 aromatic carbocycles. The lowest BCUT2D eigenvalue weighted by atomic mass is 9.49. The number of carboxylic acid groups (broad SMARTS) is 1. The number of hydrogen-bond donors (Lipinski definition) is 1. The third-order valence-electron chi connectivity index (χ3n) is 4.84. The molecule has 0 spiro atoms. The predicted molar refractivity (Wildman–Crippen MR) is 61.0 cm³/mol. The van der Waals surface area contributed by atoms with Crippen molar-refractivity contribution in [2.24, 2.45) is 23.2 Å². The molecule has 4 saturated carbocycles. The first-order chi connectivity index (χ1) is 7.09. The van der Waals surface area contributed by atoms with Crippen molar-refractivity contribution in [3.8, 4) is 0 Å². The lowest BCUT2D eigenvalue weighted by molar-refractivity contribution is -0.143. The van der Waals surface area contributed by atoms with Gasteiger partial charge in [0.15, 0.2) is 0 Å². The van der Waals surface area contributed by atoms with Crippen LogP contribution in [0.1, 0.15) is 38.5 Å². The van der Waals surface area contributed by atoms with Crippen LogP contribution in [-0.2, 0) is 4.79 Å². The molecule has 1 atom stereocenters. The van der Waals surface area contributed by atoms with Crippen molar-refractivity contribution >= 4 is 21.9 Å². The van der Waals surface area contributed by atoms with E-state index in [4.69, 9.17) is 0 Å². The first-order valence-electron chi connectivity index (χ1n) is 5.96. The van der Waals surface area contributed by atoms with E-state index >= 15 is 0 Å². The van der Waals surface area contributed by atoms with Crippen molar-refractivity contribution in [3.63, 3.8) is 0 Å². The van der Waals surface area contributed by atoms with E-state index in [-0.39, 0.29) is 10.2 Å². The fourth-order valence-electron chi connectivity index (χ4n) is 4.75. The van der Waals surface area contributed by atoms with Gasteiger partial charge in [-0.05, 0) is 61.7 Å². The molecule has 15 heavy (non-hydrogen) atoms. The Kier molecular flexibility index (Phi) is 2.17. The summed E-state index contributed by atoms with van der Waals surface area (Å²) in [5.41, 5.74) is 0.0978. The topological polar surface area (TPSA) is 37.3 Å². The van der Waals surface area contributed by atoms with Gasteiger partial charge in [0.05, 0.1) is 0 Å². The number of hydrogen-bond acceptors (Lipinski definition) is 1. The Hall–Kier alpha value is -0.0500. The smallest absolute Gasteiger partial charge is 0.317 e. The predicted octanol–water partition coefficient (Wildman–Crippen LogP) is 3.05. The highest BCUT2D eigenvalue weighted by molar-refractivity contribution is 9.10. The zero-order valence-electron chi connectivity index (χ0n) is 8.79. The molecule has 0 heterocycles. The van der Waals surface area contributed by atoms with Gasteiger partial charge in [-0.2, -0.15) is 0 Å². The highest BCUT2D eigenvalue weighted by Crippen LogP contribution is 2.62. The minimum Gasteiger partial charge on any atom is -0.480 e. The number of halogens is 1. The summed E-state index contributed by atoms with van der Waals surface area (Å²) < 4.78 is 0. The second-order valence-electron chi connectivity index (χ2n) is 5.98. The zero-order valence-corrected chi connectivity index (χ0v) is 10.4. The van der Waals surface area contributed by atoms with Gasteiger partial charge in [0.1, 0.15) is 4.83 Å². The molecule has 1 N–H and O–H groups in total. The molecule has 0 aromatic heterocycles. The standard InChI is InChI=1S/C12H17BrO2/c13-10(11(14)15)12-4-7-1-8(5-12)3-9(2-7)6-12/h7-10H,1-6H2,(H,14,15)/t7?,8?,9?,10-,12?/m1/s1. The number of rotatable bonds is 2. The van der Waals surface area contributed by atoms with Crippen molar-refractivity contribution in [1.29, 1.82) is 0 Å². The largest absolute Gasteiger partial charge is 0.480 e. The summed E-state index contributed by atoms with van der Waals surface area (Å²) in [4.78, 5) is 10.9. The van der Waals surface area contributed by atoms with Gasteiger partial charge in [0, 0.05) is 0 Å². The van der Waals surface area contributed by atoms with Crippen molar-refractivity contribution < 1.29 is 9.90 Å². The molecule has 2 nitrogen and oxygen atoms in total. The Morgan fingerprint density at radius 2 is 1.53 bits per heavy atom. The average molecular weight is 273 g/mol. The minimum absolute atomic E-state index is 0.0978. The van der Waals surface area contributed by atoms with E-state index in [9.17, 15) is 9.90 Å². The third-order valence-corrected chi connectivity index (χ3v) is 6.20. The second-order valence-corrected chi connectivity index (χ2v) is 6.90. The summed E-state index contributed by atoms with van der Waals surface area (Å²) >= 11 is 3.43. The minimum atomic E-state index is -0.656. The lowest BCUT2D eigenvalue weighted by Gasteiger charge is -2.57. The summed E-state index contributed by atoms with van der Waals surface area (Å²) in [6, 6.07) is 0. The van der Waals surface area contributed by atoms with Gasteiger partial charge >= 0.3 is 5.97 Å². The zero-order chi connectivity index (χ0) is 10.6. The highest BCUT2D eigenvalue weighted by atomic mass is 79.9. The molecular formula is C12H17BrO2. The van der Waals surface area contributed by atoms with Crippen LogP contribution in [0.15, 0.2) is 0 Å². The molecule has 84 valence electrons. The van der Waals surface area contributed by atoms with Crippen molar-refractivity contribution in [2.45, 2.75) is 43.4 Å². The molecule has 4 aliphatic carbocycles. The van der Waals surface area contributed by atoms with Crippen LogP contribution in [0.25, 0.3) is 0 Å². The van der Waals surface area contributed by atoms with E-state index in [0.717, 1.165) is 37.0 Å². The number of carbonyl (C=O) groups is 1. The molecule has 4 aliphatic rings. The summed E-state index contributed by atoms with van der Waals surface area (Å²) in [6.45, 7) is 0. The van der Waals surface area contributed by atoms with Crippen LogP contribution in [0.2, 0.25) is 0 Å². The van der Waals surface area contributed by atoms with Gasteiger partial charge in [-0.1, -0.05) is 15.9 Å². The maximum absolute atomic E-state index is 11.2. The monoisotopic (exact) mass is 272 g/mol. The molecule has 0 saturated heterocycles. The summed E-state index contributed by atoms with van der Waals surface area (Å²) in [5, 5.41) is 9.20. The summed E-state index contributed by atoms with van der Waals surface area (Å²) in [5.74, 6) is 1.83. The quantitative estimate of drug-likeness (QED) is 0.785. The molecule has 0 aromatic rings. The van der Waals surface area contributed by atoms with E-state index in [1.807, 2.05) is 0 Å². The van der Waals surface area contributed by atoms with Crippen molar-refractivity contribution in [3.05, 3.63) is 0 Å². The first-order valence-corrected chi connectivity index (χ1v) is 6.87. The molecule has 4 bridgehead atoms. The fraction of sp³-hybridized carbons (Fsp3) is 0.917. The summed E-state index contributed by atoms with van der Waals surface area (Å²) in [6.07, 6.45) is 7.58. The van der Waals surface area contributed by atoms with Gasteiger partial charge in [-0.15, -0.1) is 0 Å². The Balaban J connectivity index is 1.89. The van der Waals surface area contributed by atoms with E-state index in [1.165, 1.54) is 19.3 Å². The third kappa shape index (κ3) is 1.46. The normalized spacial score (nSPS) is 49.3. The van der Waals surface area contributed by atoms with Crippen LogP contribution < -0.4 is 0 Å². The summed E-state index contributed by atoms with van der Waals surface area (Å²) in [7, 11) is 0. The van der Waals surface area contributed by atoms with Crippen LogP contribution in [0.4, 0.5) is 0 Å². The molecule has 3 heteroatoms. The molecule has 0 unspecified atom stereocenters. The van der Waals surface area contributed by atoms with Crippen LogP contribution >= 0.6 is 15.9 Å². The molecule has 0 amide bonds. The van der Waals surface area contributed by atoms with Crippen LogP contribution in [-0.4, -0.2) is 15.9 Å². The van der Waals surface area contributed by atoms with E-state index < -0.39 is 5.97 Å². The Bertz CT molecular complexity index is 265. The maximum atomic E-state index is 11.2. The molecule has 0 radical (unpaired) electrons. The van der Waals surface area contributed by atoms with E-state index in [1.54, 1.807) is 0 Å². The maximum Gasteiger partial charge on any atom is 0.317 e. The fourth-order valence-corrected chi connectivity index (χ4v) is 5.31. The van der Waals surface area contributed by atoms with Crippen LogP contribution in [0, 0.1) is 23.2 Å². The van der Waals surface area contributed by atoms with Gasteiger partial charge in [0.2, 0.25) is 0 Å². The molecular weight excluding hydrogens is 256 g/mol. The van der Waals surface area contributed by atoms with E-state index in [2.05, 4.69) is 15.9 Å². The highest BCUT2D eigenvalue weighted by Gasteiger charge is 2.55. The second kappa shape index (κ2) is 3.22. The molecule has 4 rings (SSSR count). The Morgan fingerprint density at radius 1 is 1.13 bits per heavy atom. The first kappa shape index (κ1) is 10.1. The molecule has 0 aliphatic heterocycles. The average Bonchev–Trinajstić information content (AvgIpc) is 2.14. The number of aliphatic carboxylic acids is 1. The lowest BCUT2D eigenvalue weighted by Crippen LogP contribution is -2.51. The molecule has 4 fully saturated rings. The SMILES string of the molecule is O=C(O)[C@@H](Br)C12CC3CC(CC(C3)C1)C2. The Morgan fingerprint density at radius 3 is 1.87 bits per heavy atom.